The van der Waals surface area contributed by atoms with Gasteiger partial charge in [-0.15, -0.1) is 0 Å². The van der Waals surface area contributed by atoms with Crippen LogP contribution in [0.2, 0.25) is 0 Å². The van der Waals surface area contributed by atoms with Crippen molar-refractivity contribution in [2.45, 2.75) is 46.0 Å². The Bertz CT molecular complexity index is 334. The fraction of sp³-hybridized carbons (Fsp3) is 0.846. The average molecular weight is 220 g/mol. The van der Waals surface area contributed by atoms with Gasteiger partial charge in [-0.25, -0.2) is 0 Å². The number of hydrogen-bond donors (Lipinski definition) is 0. The van der Waals surface area contributed by atoms with Crippen molar-refractivity contribution in [1.29, 1.82) is 5.26 Å². The molecule has 0 unspecified atom stereocenters. The lowest BCUT2D eigenvalue weighted by Gasteiger charge is -2.27. The van der Waals surface area contributed by atoms with Crippen molar-refractivity contribution in [3.05, 3.63) is 0 Å². The summed E-state index contributed by atoms with van der Waals surface area (Å²) in [6, 6.07) is 2.29. The average Bonchev–Trinajstić information content (AvgIpc) is 2.84. The molecule has 0 N–H and O–H groups in total. The third-order valence-electron chi connectivity index (χ3n) is 4.05. The molecule has 1 saturated carbocycles. The maximum atomic E-state index is 12.4. The van der Waals surface area contributed by atoms with E-state index in [4.69, 9.17) is 0 Å². The molecule has 0 bridgehead atoms. The molecule has 16 heavy (non-hydrogen) atoms. The molecule has 0 aromatic rings. The molecule has 1 aliphatic carbocycles. The van der Waals surface area contributed by atoms with Gasteiger partial charge >= 0.3 is 0 Å². The van der Waals surface area contributed by atoms with E-state index in [-0.39, 0.29) is 11.3 Å². The van der Waals surface area contributed by atoms with Gasteiger partial charge in [0.25, 0.3) is 0 Å². The number of carbonyl (C=O) groups excluding carboxylic acids is 1. The Balaban J connectivity index is 2.11. The van der Waals surface area contributed by atoms with E-state index in [0.29, 0.717) is 0 Å². The van der Waals surface area contributed by atoms with Crippen LogP contribution in [0.5, 0.6) is 0 Å². The lowest BCUT2D eigenvalue weighted by atomic mass is 9.86. The van der Waals surface area contributed by atoms with Crippen molar-refractivity contribution in [2.24, 2.45) is 10.8 Å². The minimum absolute atomic E-state index is 0.0954. The molecule has 3 nitrogen and oxygen atoms in total. The van der Waals surface area contributed by atoms with Crippen LogP contribution < -0.4 is 0 Å². The van der Waals surface area contributed by atoms with E-state index in [1.165, 1.54) is 0 Å². The van der Waals surface area contributed by atoms with Crippen molar-refractivity contribution >= 4 is 5.91 Å². The molecular weight excluding hydrogens is 200 g/mol. The molecule has 0 atom stereocenters. The first-order chi connectivity index (χ1) is 7.49. The van der Waals surface area contributed by atoms with Crippen molar-refractivity contribution in [3.63, 3.8) is 0 Å². The number of nitriles is 1. The largest absolute Gasteiger partial charge is 0.341 e. The first-order valence-corrected chi connectivity index (χ1v) is 6.20. The molecule has 1 saturated heterocycles. The topological polar surface area (TPSA) is 44.1 Å². The van der Waals surface area contributed by atoms with Crippen molar-refractivity contribution in [1.82, 2.24) is 4.90 Å². The Morgan fingerprint density at radius 3 is 2.31 bits per heavy atom. The van der Waals surface area contributed by atoms with Crippen molar-refractivity contribution in [3.8, 4) is 6.07 Å². The minimum Gasteiger partial charge on any atom is -0.341 e. The maximum absolute atomic E-state index is 12.4. The van der Waals surface area contributed by atoms with Gasteiger partial charge in [0.15, 0.2) is 0 Å². The molecular formula is C13H20N2O. The molecule has 1 heterocycles. The summed E-state index contributed by atoms with van der Waals surface area (Å²) in [5.74, 6) is 0.0954. The summed E-state index contributed by atoms with van der Waals surface area (Å²) in [4.78, 5) is 14.3. The fourth-order valence-electron chi connectivity index (χ4n) is 2.94. The summed E-state index contributed by atoms with van der Waals surface area (Å²) in [7, 11) is 0. The summed E-state index contributed by atoms with van der Waals surface area (Å²) >= 11 is 0. The summed E-state index contributed by atoms with van der Waals surface area (Å²) in [5.41, 5.74) is -0.453. The summed E-state index contributed by atoms with van der Waals surface area (Å²) < 4.78 is 0. The molecule has 2 fully saturated rings. The number of hydrogen-bond acceptors (Lipinski definition) is 2. The molecule has 0 spiro atoms. The first kappa shape index (κ1) is 11.4. The van der Waals surface area contributed by atoms with Crippen molar-refractivity contribution in [2.75, 3.05) is 13.1 Å². The van der Waals surface area contributed by atoms with Crippen LogP contribution in [0, 0.1) is 22.2 Å². The monoisotopic (exact) mass is 220 g/mol. The molecule has 2 aliphatic rings. The summed E-state index contributed by atoms with van der Waals surface area (Å²) in [6.45, 7) is 6.02. The van der Waals surface area contributed by atoms with Crippen molar-refractivity contribution < 1.29 is 4.79 Å². The van der Waals surface area contributed by atoms with Crippen LogP contribution in [-0.4, -0.2) is 23.9 Å². The lowest BCUT2D eigenvalue weighted by molar-refractivity contribution is -0.138. The molecule has 0 aromatic carbocycles. The second kappa shape index (κ2) is 3.76. The minimum atomic E-state index is -0.680. The predicted molar refractivity (Wildman–Crippen MR) is 61.5 cm³/mol. The van der Waals surface area contributed by atoms with E-state index in [0.717, 1.165) is 45.2 Å². The highest BCUT2D eigenvalue weighted by atomic mass is 16.2. The predicted octanol–water partition coefficient (Wildman–Crippen LogP) is 2.33. The number of carbonyl (C=O) groups is 1. The number of rotatable bonds is 1. The zero-order chi connectivity index (χ0) is 11.8. The van der Waals surface area contributed by atoms with E-state index in [2.05, 4.69) is 19.9 Å². The second-order valence-electron chi connectivity index (χ2n) is 6.04. The zero-order valence-corrected chi connectivity index (χ0v) is 10.3. The summed E-state index contributed by atoms with van der Waals surface area (Å²) in [5, 5.41) is 9.28. The number of likely N-dealkylation sites (tertiary alicyclic amines) is 1. The second-order valence-corrected chi connectivity index (χ2v) is 6.04. The molecule has 1 amide bonds. The van der Waals surface area contributed by atoms with Gasteiger partial charge in [-0.05, 0) is 24.7 Å². The van der Waals surface area contributed by atoms with Crippen LogP contribution in [0.25, 0.3) is 0 Å². The Labute approximate surface area is 97.4 Å². The molecule has 0 radical (unpaired) electrons. The first-order valence-electron chi connectivity index (χ1n) is 6.20. The van der Waals surface area contributed by atoms with E-state index in [9.17, 15) is 10.1 Å². The quantitative estimate of drug-likeness (QED) is 0.680. The van der Waals surface area contributed by atoms with Crippen LogP contribution in [-0.2, 0) is 4.79 Å². The SMILES string of the molecule is CC1(C)CCN(C(=O)C2(C#N)CCCC2)C1. The van der Waals surface area contributed by atoms with Gasteiger partial charge in [0.2, 0.25) is 5.91 Å². The third kappa shape index (κ3) is 1.81. The van der Waals surface area contributed by atoms with Crippen LogP contribution in [0.3, 0.4) is 0 Å². The third-order valence-corrected chi connectivity index (χ3v) is 4.05. The Morgan fingerprint density at radius 2 is 1.88 bits per heavy atom. The molecule has 0 aromatic heterocycles. The molecule has 1 aliphatic heterocycles. The normalized spacial score (nSPS) is 26.7. The van der Waals surface area contributed by atoms with Crippen LogP contribution in [0.1, 0.15) is 46.0 Å². The van der Waals surface area contributed by atoms with Gasteiger partial charge in [-0.3, -0.25) is 4.79 Å². The van der Waals surface area contributed by atoms with E-state index in [1.54, 1.807) is 0 Å². The van der Waals surface area contributed by atoms with Crippen LogP contribution in [0.15, 0.2) is 0 Å². The molecule has 2 rings (SSSR count). The highest BCUT2D eigenvalue weighted by Crippen LogP contribution is 2.41. The Hall–Kier alpha value is -1.04. The van der Waals surface area contributed by atoms with Gasteiger partial charge < -0.3 is 4.90 Å². The highest BCUT2D eigenvalue weighted by Gasteiger charge is 2.46. The highest BCUT2D eigenvalue weighted by molar-refractivity contribution is 5.86. The number of nitrogens with zero attached hydrogens (tertiary/aromatic N) is 2. The fourth-order valence-corrected chi connectivity index (χ4v) is 2.94. The summed E-state index contributed by atoms with van der Waals surface area (Å²) in [6.07, 6.45) is 4.63. The molecule has 88 valence electrons. The lowest BCUT2D eigenvalue weighted by Crippen LogP contribution is -2.41. The smallest absolute Gasteiger partial charge is 0.243 e. The van der Waals surface area contributed by atoms with E-state index in [1.807, 2.05) is 4.90 Å². The van der Waals surface area contributed by atoms with Crippen LogP contribution >= 0.6 is 0 Å². The number of amides is 1. The zero-order valence-electron chi connectivity index (χ0n) is 10.3. The van der Waals surface area contributed by atoms with Gasteiger partial charge in [-0.2, -0.15) is 5.26 Å². The Kier molecular flexibility index (Phi) is 2.69. The van der Waals surface area contributed by atoms with Gasteiger partial charge in [0.05, 0.1) is 6.07 Å². The van der Waals surface area contributed by atoms with Gasteiger partial charge in [0.1, 0.15) is 5.41 Å². The van der Waals surface area contributed by atoms with Gasteiger partial charge in [-0.1, -0.05) is 26.7 Å². The van der Waals surface area contributed by atoms with Gasteiger partial charge in [0, 0.05) is 13.1 Å². The van der Waals surface area contributed by atoms with E-state index < -0.39 is 5.41 Å². The maximum Gasteiger partial charge on any atom is 0.243 e. The molecule has 3 heteroatoms. The Morgan fingerprint density at radius 1 is 1.25 bits per heavy atom. The standard InChI is InChI=1S/C13H20N2O/c1-12(2)7-8-15(10-12)11(16)13(9-14)5-3-4-6-13/h3-8,10H2,1-2H3. The van der Waals surface area contributed by atoms with Crippen LogP contribution in [0.4, 0.5) is 0 Å². The van der Waals surface area contributed by atoms with E-state index >= 15 is 0 Å².